The van der Waals surface area contributed by atoms with Crippen molar-refractivity contribution in [1.82, 2.24) is 0 Å². The summed E-state index contributed by atoms with van der Waals surface area (Å²) >= 11 is 1.78. The molecular formula is C11H21NS. The first kappa shape index (κ1) is 15.0. The molecule has 1 nitrogen and oxygen atoms in total. The second kappa shape index (κ2) is 11.5. The number of rotatable bonds is 1. The SMILES string of the molecule is CC.CN.CSc1cccc(C)c1. The summed E-state index contributed by atoms with van der Waals surface area (Å²) in [5.74, 6) is 0. The second-order valence-corrected chi connectivity index (χ2v) is 2.90. The number of benzene rings is 1. The molecule has 1 aromatic rings. The number of aryl methyl sites for hydroxylation is 1. The second-order valence-electron chi connectivity index (χ2n) is 2.02. The third-order valence-corrected chi connectivity index (χ3v) is 1.95. The van der Waals surface area contributed by atoms with Gasteiger partial charge in [0.2, 0.25) is 0 Å². The largest absolute Gasteiger partial charge is 0.333 e. The molecule has 76 valence electrons. The Bertz CT molecular complexity index is 199. The van der Waals surface area contributed by atoms with E-state index in [1.54, 1.807) is 11.8 Å². The van der Waals surface area contributed by atoms with Crippen molar-refractivity contribution < 1.29 is 0 Å². The minimum absolute atomic E-state index is 1.34. The van der Waals surface area contributed by atoms with Crippen LogP contribution in [0.15, 0.2) is 29.2 Å². The summed E-state index contributed by atoms with van der Waals surface area (Å²) in [5, 5.41) is 0. The molecule has 0 heterocycles. The van der Waals surface area contributed by atoms with Crippen LogP contribution >= 0.6 is 11.8 Å². The minimum atomic E-state index is 1.34. The molecule has 1 aromatic carbocycles. The third kappa shape index (κ3) is 7.88. The summed E-state index contributed by atoms with van der Waals surface area (Å²) in [7, 11) is 1.50. The quantitative estimate of drug-likeness (QED) is 0.702. The zero-order valence-electron chi connectivity index (χ0n) is 9.29. The van der Waals surface area contributed by atoms with Crippen molar-refractivity contribution in [2.45, 2.75) is 25.7 Å². The molecule has 0 saturated carbocycles. The molecule has 0 unspecified atom stereocenters. The maximum Gasteiger partial charge on any atom is 0.00717 e. The molecule has 0 amide bonds. The molecule has 0 spiro atoms. The highest BCUT2D eigenvalue weighted by molar-refractivity contribution is 7.98. The van der Waals surface area contributed by atoms with E-state index in [-0.39, 0.29) is 0 Å². The summed E-state index contributed by atoms with van der Waals surface area (Å²) in [5.41, 5.74) is 5.84. The molecule has 13 heavy (non-hydrogen) atoms. The Balaban J connectivity index is 0. The molecule has 0 fully saturated rings. The molecular weight excluding hydrogens is 178 g/mol. The van der Waals surface area contributed by atoms with E-state index in [4.69, 9.17) is 0 Å². The molecule has 0 atom stereocenters. The maximum atomic E-state index is 4.50. The Morgan fingerprint density at radius 1 is 1.15 bits per heavy atom. The normalized spacial score (nSPS) is 7.54. The first-order valence-corrected chi connectivity index (χ1v) is 5.74. The fourth-order valence-corrected chi connectivity index (χ4v) is 1.26. The van der Waals surface area contributed by atoms with Crippen molar-refractivity contribution in [3.8, 4) is 0 Å². The number of thioether (sulfide) groups is 1. The summed E-state index contributed by atoms with van der Waals surface area (Å²) in [6, 6.07) is 8.50. The van der Waals surface area contributed by atoms with Gasteiger partial charge in [-0.2, -0.15) is 0 Å². The highest BCUT2D eigenvalue weighted by Crippen LogP contribution is 2.14. The Hall–Kier alpha value is -0.470. The Morgan fingerprint density at radius 2 is 1.69 bits per heavy atom. The van der Waals surface area contributed by atoms with Crippen molar-refractivity contribution in [3.05, 3.63) is 29.8 Å². The zero-order chi connectivity index (χ0) is 10.7. The van der Waals surface area contributed by atoms with Crippen molar-refractivity contribution in [2.75, 3.05) is 13.3 Å². The van der Waals surface area contributed by atoms with Gasteiger partial charge in [-0.15, -0.1) is 11.8 Å². The van der Waals surface area contributed by atoms with Crippen molar-refractivity contribution >= 4 is 11.8 Å². The monoisotopic (exact) mass is 199 g/mol. The average Bonchev–Trinajstić information content (AvgIpc) is 2.24. The van der Waals surface area contributed by atoms with Gasteiger partial charge in [-0.3, -0.25) is 0 Å². The predicted octanol–water partition coefficient (Wildman–Crippen LogP) is 3.32. The van der Waals surface area contributed by atoms with Gasteiger partial charge in [0, 0.05) is 4.90 Å². The molecule has 0 radical (unpaired) electrons. The average molecular weight is 199 g/mol. The van der Waals surface area contributed by atoms with Crippen LogP contribution in [0.1, 0.15) is 19.4 Å². The van der Waals surface area contributed by atoms with Crippen LogP contribution in [-0.4, -0.2) is 13.3 Å². The van der Waals surface area contributed by atoms with Crippen LogP contribution in [0.25, 0.3) is 0 Å². The van der Waals surface area contributed by atoms with E-state index in [1.807, 2.05) is 13.8 Å². The van der Waals surface area contributed by atoms with Gasteiger partial charge in [-0.1, -0.05) is 31.5 Å². The fourth-order valence-electron chi connectivity index (χ4n) is 0.742. The van der Waals surface area contributed by atoms with Gasteiger partial charge in [0.1, 0.15) is 0 Å². The summed E-state index contributed by atoms with van der Waals surface area (Å²) in [4.78, 5) is 1.34. The molecule has 0 aliphatic carbocycles. The smallest absolute Gasteiger partial charge is 0.00717 e. The summed E-state index contributed by atoms with van der Waals surface area (Å²) < 4.78 is 0. The first-order valence-electron chi connectivity index (χ1n) is 4.51. The van der Waals surface area contributed by atoms with Gasteiger partial charge >= 0.3 is 0 Å². The van der Waals surface area contributed by atoms with E-state index >= 15 is 0 Å². The van der Waals surface area contributed by atoms with Crippen molar-refractivity contribution in [3.63, 3.8) is 0 Å². The lowest BCUT2D eigenvalue weighted by Crippen LogP contribution is -1.71. The summed E-state index contributed by atoms with van der Waals surface area (Å²) in [6.07, 6.45) is 2.09. The first-order chi connectivity index (χ1) is 6.33. The molecule has 0 aliphatic rings. The minimum Gasteiger partial charge on any atom is -0.333 e. The van der Waals surface area contributed by atoms with Crippen LogP contribution in [0, 0.1) is 6.92 Å². The highest BCUT2D eigenvalue weighted by Gasteiger charge is 1.86. The molecule has 0 aromatic heterocycles. The lowest BCUT2D eigenvalue weighted by molar-refractivity contribution is 1.36. The molecule has 1 rings (SSSR count). The topological polar surface area (TPSA) is 26.0 Å². The molecule has 0 saturated heterocycles. The Morgan fingerprint density at radius 3 is 2.00 bits per heavy atom. The van der Waals surface area contributed by atoms with Crippen LogP contribution in [0.3, 0.4) is 0 Å². The van der Waals surface area contributed by atoms with E-state index in [2.05, 4.69) is 43.2 Å². The van der Waals surface area contributed by atoms with Crippen LogP contribution in [-0.2, 0) is 0 Å². The molecule has 0 bridgehead atoms. The van der Waals surface area contributed by atoms with E-state index in [0.29, 0.717) is 0 Å². The Kier molecular flexibility index (Phi) is 13.3. The van der Waals surface area contributed by atoms with E-state index in [9.17, 15) is 0 Å². The van der Waals surface area contributed by atoms with Crippen LogP contribution in [0.2, 0.25) is 0 Å². The maximum absolute atomic E-state index is 4.50. The standard InChI is InChI=1S/C8H10S.C2H6.CH5N/c1-7-4-3-5-8(6-7)9-2;2*1-2/h3-6H,1-2H3;1-2H3;2H2,1H3. The van der Waals surface area contributed by atoms with Gasteiger partial charge in [0.15, 0.2) is 0 Å². The zero-order valence-corrected chi connectivity index (χ0v) is 10.1. The van der Waals surface area contributed by atoms with Crippen LogP contribution in [0.5, 0.6) is 0 Å². The molecule has 2 heteroatoms. The van der Waals surface area contributed by atoms with E-state index in [0.717, 1.165) is 0 Å². The van der Waals surface area contributed by atoms with Crippen LogP contribution in [0.4, 0.5) is 0 Å². The van der Waals surface area contributed by atoms with Crippen molar-refractivity contribution in [1.29, 1.82) is 0 Å². The summed E-state index contributed by atoms with van der Waals surface area (Å²) in [6.45, 7) is 6.11. The highest BCUT2D eigenvalue weighted by atomic mass is 32.2. The lowest BCUT2D eigenvalue weighted by atomic mass is 10.2. The van der Waals surface area contributed by atoms with Gasteiger partial charge in [0.25, 0.3) is 0 Å². The predicted molar refractivity (Wildman–Crippen MR) is 64.4 cm³/mol. The van der Waals surface area contributed by atoms with E-state index in [1.165, 1.54) is 17.5 Å². The van der Waals surface area contributed by atoms with E-state index < -0.39 is 0 Å². The third-order valence-electron chi connectivity index (χ3n) is 1.23. The molecule has 0 aliphatic heterocycles. The van der Waals surface area contributed by atoms with Gasteiger partial charge in [0.05, 0.1) is 0 Å². The number of hydrogen-bond acceptors (Lipinski definition) is 2. The van der Waals surface area contributed by atoms with Gasteiger partial charge < -0.3 is 5.73 Å². The number of nitrogens with two attached hydrogens (primary N) is 1. The van der Waals surface area contributed by atoms with Gasteiger partial charge in [-0.25, -0.2) is 0 Å². The number of hydrogen-bond donors (Lipinski definition) is 1. The lowest BCUT2D eigenvalue weighted by Gasteiger charge is -1.94. The fraction of sp³-hybridized carbons (Fsp3) is 0.455. The van der Waals surface area contributed by atoms with Gasteiger partial charge in [-0.05, 0) is 32.4 Å². The molecule has 2 N–H and O–H groups in total. The Labute approximate surface area is 86.7 Å². The van der Waals surface area contributed by atoms with Crippen molar-refractivity contribution in [2.24, 2.45) is 5.73 Å². The van der Waals surface area contributed by atoms with Crippen LogP contribution < -0.4 is 5.73 Å².